The first-order valence-corrected chi connectivity index (χ1v) is 5.96. The lowest BCUT2D eigenvalue weighted by Crippen LogP contribution is -2.11. The molecule has 2 aromatic carbocycles. The smallest absolute Gasteiger partial charge is 0.0438 e. The minimum Gasteiger partial charge on any atom is -0.388 e. The highest BCUT2D eigenvalue weighted by molar-refractivity contribution is 6.02. The van der Waals surface area contributed by atoms with Gasteiger partial charge in [0, 0.05) is 31.0 Å². The molecule has 0 bridgehead atoms. The molecule has 0 spiro atoms. The van der Waals surface area contributed by atoms with Crippen LogP contribution in [0.25, 0.3) is 16.5 Å². The topological polar surface area (TPSA) is 24.1 Å². The Bertz CT molecular complexity index is 612. The fraction of sp³-hybridized carbons (Fsp3) is 0.200. The van der Waals surface area contributed by atoms with Crippen LogP contribution in [0.5, 0.6) is 0 Å². The molecule has 0 heterocycles. The van der Waals surface area contributed by atoms with E-state index in [2.05, 4.69) is 47.0 Å². The van der Waals surface area contributed by atoms with Gasteiger partial charge in [-0.2, -0.15) is 0 Å². The monoisotopic (exact) mass is 224 g/mol. The highest BCUT2D eigenvalue weighted by Gasteiger charge is 2.16. The molecule has 0 unspecified atom stereocenters. The number of nitrogens with one attached hydrogen (secondary N) is 2. The lowest BCUT2D eigenvalue weighted by atomic mass is 9.90. The largest absolute Gasteiger partial charge is 0.388 e. The average Bonchev–Trinajstić information content (AvgIpc) is 2.40. The number of rotatable bonds is 2. The molecule has 0 saturated heterocycles. The first-order valence-electron chi connectivity index (χ1n) is 5.96. The molecule has 2 N–H and O–H groups in total. The summed E-state index contributed by atoms with van der Waals surface area (Å²) in [6.07, 6.45) is 3.27. The molecule has 1 aliphatic rings. The third kappa shape index (κ3) is 1.41. The molecule has 86 valence electrons. The lowest BCUT2D eigenvalue weighted by molar-refractivity contribution is 1.10. The van der Waals surface area contributed by atoms with Crippen LogP contribution in [-0.2, 0) is 6.42 Å². The van der Waals surface area contributed by atoms with E-state index in [-0.39, 0.29) is 0 Å². The Hall–Kier alpha value is -1.96. The molecule has 0 aliphatic heterocycles. The van der Waals surface area contributed by atoms with E-state index in [9.17, 15) is 0 Å². The molecule has 0 fully saturated rings. The predicted octanol–water partition coefficient (Wildman–Crippen LogP) is 3.00. The van der Waals surface area contributed by atoms with Gasteiger partial charge in [0.2, 0.25) is 0 Å². The molecule has 17 heavy (non-hydrogen) atoms. The van der Waals surface area contributed by atoms with Crippen molar-refractivity contribution in [2.75, 3.05) is 19.4 Å². The summed E-state index contributed by atoms with van der Waals surface area (Å²) in [5, 5.41) is 9.28. The summed E-state index contributed by atoms with van der Waals surface area (Å²) in [6.45, 7) is 0. The van der Waals surface area contributed by atoms with E-state index < -0.39 is 0 Å². The van der Waals surface area contributed by atoms with Gasteiger partial charge >= 0.3 is 0 Å². The second-order valence-electron chi connectivity index (χ2n) is 4.33. The number of hydrogen-bond acceptors (Lipinski definition) is 2. The normalized spacial score (nSPS) is 13.4. The van der Waals surface area contributed by atoms with Gasteiger partial charge < -0.3 is 10.6 Å². The van der Waals surface area contributed by atoms with E-state index in [0.29, 0.717) is 0 Å². The van der Waals surface area contributed by atoms with Crippen molar-refractivity contribution in [2.45, 2.75) is 6.42 Å². The van der Waals surface area contributed by atoms with Gasteiger partial charge in [0.25, 0.3) is 0 Å². The van der Waals surface area contributed by atoms with Crippen LogP contribution in [-0.4, -0.2) is 14.1 Å². The number of hydrogen-bond donors (Lipinski definition) is 2. The molecular weight excluding hydrogens is 208 g/mol. The van der Waals surface area contributed by atoms with Crippen molar-refractivity contribution in [3.63, 3.8) is 0 Å². The van der Waals surface area contributed by atoms with Crippen LogP contribution in [0, 0.1) is 0 Å². The van der Waals surface area contributed by atoms with Gasteiger partial charge in [-0.05, 0) is 28.8 Å². The summed E-state index contributed by atoms with van der Waals surface area (Å²) in [5.41, 5.74) is 5.12. The zero-order valence-corrected chi connectivity index (χ0v) is 10.2. The zero-order valence-electron chi connectivity index (χ0n) is 10.2. The van der Waals surface area contributed by atoms with Crippen LogP contribution >= 0.6 is 0 Å². The van der Waals surface area contributed by atoms with Crippen molar-refractivity contribution in [3.05, 3.63) is 47.5 Å². The van der Waals surface area contributed by atoms with Crippen molar-refractivity contribution in [1.82, 2.24) is 5.32 Å². The summed E-state index contributed by atoms with van der Waals surface area (Å²) in [7, 11) is 3.96. The lowest BCUT2D eigenvalue weighted by Gasteiger charge is -2.21. The van der Waals surface area contributed by atoms with E-state index in [0.717, 1.165) is 6.42 Å². The molecule has 0 atom stereocenters. The molecule has 2 nitrogen and oxygen atoms in total. The molecule has 3 rings (SSSR count). The molecule has 0 aromatic heterocycles. The van der Waals surface area contributed by atoms with E-state index in [4.69, 9.17) is 0 Å². The molecule has 1 aliphatic carbocycles. The van der Waals surface area contributed by atoms with E-state index in [1.54, 1.807) is 0 Å². The Labute approximate surface area is 101 Å². The van der Waals surface area contributed by atoms with Crippen molar-refractivity contribution >= 4 is 22.2 Å². The van der Waals surface area contributed by atoms with Crippen LogP contribution in [0.4, 0.5) is 5.69 Å². The SMILES string of the molecule is CNC1=CCc2cccc3ccc(NC)c1c23. The Kier molecular flexibility index (Phi) is 2.29. The van der Waals surface area contributed by atoms with E-state index in [1.807, 2.05) is 14.1 Å². The van der Waals surface area contributed by atoms with Crippen molar-refractivity contribution in [1.29, 1.82) is 0 Å². The quantitative estimate of drug-likeness (QED) is 0.819. The van der Waals surface area contributed by atoms with Crippen molar-refractivity contribution in [2.24, 2.45) is 0 Å². The Balaban J connectivity index is 2.43. The van der Waals surface area contributed by atoms with Crippen LogP contribution in [0.2, 0.25) is 0 Å². The van der Waals surface area contributed by atoms with E-state index in [1.165, 1.54) is 33.3 Å². The maximum Gasteiger partial charge on any atom is 0.0438 e. The number of anilines is 1. The molecule has 0 saturated carbocycles. The standard InChI is InChI=1S/C15H16N2/c1-16-12-8-6-10-4-3-5-11-7-9-13(17-2)15(12)14(10)11/h3-6,8-9,16-17H,7H2,1-2H3. The van der Waals surface area contributed by atoms with Gasteiger partial charge in [0.05, 0.1) is 0 Å². The summed E-state index contributed by atoms with van der Waals surface area (Å²) in [5.74, 6) is 0. The summed E-state index contributed by atoms with van der Waals surface area (Å²) >= 11 is 0. The first kappa shape index (κ1) is 10.2. The molecular formula is C15H16N2. The third-order valence-corrected chi connectivity index (χ3v) is 3.47. The van der Waals surface area contributed by atoms with Gasteiger partial charge in [-0.15, -0.1) is 0 Å². The predicted molar refractivity (Wildman–Crippen MR) is 74.2 cm³/mol. The third-order valence-electron chi connectivity index (χ3n) is 3.47. The Morgan fingerprint density at radius 2 is 1.88 bits per heavy atom. The minimum absolute atomic E-state index is 1.01. The van der Waals surface area contributed by atoms with Gasteiger partial charge in [-0.1, -0.05) is 30.3 Å². The second kappa shape index (κ2) is 3.81. The average molecular weight is 224 g/mol. The minimum atomic E-state index is 1.01. The highest BCUT2D eigenvalue weighted by Crippen LogP contribution is 2.36. The highest BCUT2D eigenvalue weighted by atomic mass is 14.9. The van der Waals surface area contributed by atoms with Gasteiger partial charge in [-0.25, -0.2) is 0 Å². The zero-order chi connectivity index (χ0) is 11.8. The molecule has 2 aromatic rings. The van der Waals surface area contributed by atoms with Gasteiger partial charge in [0.15, 0.2) is 0 Å². The summed E-state index contributed by atoms with van der Waals surface area (Å²) < 4.78 is 0. The fourth-order valence-electron chi connectivity index (χ4n) is 2.65. The van der Waals surface area contributed by atoms with Gasteiger partial charge in [-0.3, -0.25) is 0 Å². The van der Waals surface area contributed by atoms with Crippen LogP contribution in [0.1, 0.15) is 11.1 Å². The van der Waals surface area contributed by atoms with Crippen molar-refractivity contribution < 1.29 is 0 Å². The first-order chi connectivity index (χ1) is 8.35. The van der Waals surface area contributed by atoms with Gasteiger partial charge in [0.1, 0.15) is 0 Å². The number of allylic oxidation sites excluding steroid dienone is 1. The summed E-state index contributed by atoms with van der Waals surface area (Å²) in [6, 6.07) is 10.9. The molecule has 0 radical (unpaired) electrons. The Morgan fingerprint density at radius 3 is 2.65 bits per heavy atom. The number of benzene rings is 2. The van der Waals surface area contributed by atoms with Crippen LogP contribution in [0.3, 0.4) is 0 Å². The van der Waals surface area contributed by atoms with Crippen LogP contribution < -0.4 is 10.6 Å². The fourth-order valence-corrected chi connectivity index (χ4v) is 2.65. The van der Waals surface area contributed by atoms with Crippen molar-refractivity contribution in [3.8, 4) is 0 Å². The second-order valence-corrected chi connectivity index (χ2v) is 4.33. The summed E-state index contributed by atoms with van der Waals surface area (Å²) in [4.78, 5) is 0. The maximum absolute atomic E-state index is 3.30. The maximum atomic E-state index is 3.30. The Morgan fingerprint density at radius 1 is 1.00 bits per heavy atom. The molecule has 0 amide bonds. The van der Waals surface area contributed by atoms with Crippen LogP contribution in [0.15, 0.2) is 36.4 Å². The molecule has 2 heteroatoms. The van der Waals surface area contributed by atoms with E-state index >= 15 is 0 Å².